The second-order valence-electron chi connectivity index (χ2n) is 6.45. The topological polar surface area (TPSA) is 106 Å². The molecule has 1 unspecified atom stereocenters. The number of rotatable bonds is 9. The van der Waals surface area contributed by atoms with Crippen LogP contribution in [0.5, 0.6) is 0 Å². The molecule has 8 nitrogen and oxygen atoms in total. The summed E-state index contributed by atoms with van der Waals surface area (Å²) in [6.45, 7) is 7.11. The van der Waals surface area contributed by atoms with E-state index < -0.39 is 5.97 Å². The van der Waals surface area contributed by atoms with Crippen LogP contribution < -0.4 is 5.32 Å². The van der Waals surface area contributed by atoms with Gasteiger partial charge in [-0.25, -0.2) is 4.79 Å². The van der Waals surface area contributed by atoms with Gasteiger partial charge in [-0.15, -0.1) is 10.2 Å². The SMILES string of the molecule is CCOC(=O)c1[nH]c(C)c(C(=O)CSc2nnc(NCC3CCCO3)s2)c1C. The van der Waals surface area contributed by atoms with E-state index in [1.807, 2.05) is 0 Å². The van der Waals surface area contributed by atoms with Crippen molar-refractivity contribution >= 4 is 40.0 Å². The first-order chi connectivity index (χ1) is 13.5. The second kappa shape index (κ2) is 9.53. The highest BCUT2D eigenvalue weighted by Gasteiger charge is 2.23. The maximum Gasteiger partial charge on any atom is 0.355 e. The third-order valence-electron chi connectivity index (χ3n) is 4.43. The standard InChI is InChI=1S/C18H24N4O4S2/c1-4-25-16(24)15-10(2)14(11(3)20-15)13(23)9-27-18-22-21-17(28-18)19-8-12-6-5-7-26-12/h12,20H,4-9H2,1-3H3,(H,19,21). The number of H-pyrrole nitrogens is 1. The molecule has 0 aromatic carbocycles. The average Bonchev–Trinajstić information content (AvgIpc) is 3.39. The molecule has 10 heteroatoms. The highest BCUT2D eigenvalue weighted by molar-refractivity contribution is 8.01. The Morgan fingerprint density at radius 1 is 1.39 bits per heavy atom. The van der Waals surface area contributed by atoms with Crippen molar-refractivity contribution in [3.63, 3.8) is 0 Å². The van der Waals surface area contributed by atoms with E-state index in [4.69, 9.17) is 9.47 Å². The molecule has 2 aromatic heterocycles. The van der Waals surface area contributed by atoms with Gasteiger partial charge in [0.25, 0.3) is 0 Å². The summed E-state index contributed by atoms with van der Waals surface area (Å²) in [5.41, 5.74) is 2.17. The first kappa shape index (κ1) is 20.8. The molecule has 2 N–H and O–H groups in total. The van der Waals surface area contributed by atoms with Gasteiger partial charge in [0.2, 0.25) is 5.13 Å². The number of carbonyl (C=O) groups excluding carboxylic acids is 2. The zero-order chi connectivity index (χ0) is 20.1. The zero-order valence-corrected chi connectivity index (χ0v) is 17.8. The highest BCUT2D eigenvalue weighted by atomic mass is 32.2. The second-order valence-corrected chi connectivity index (χ2v) is 8.65. The summed E-state index contributed by atoms with van der Waals surface area (Å²) >= 11 is 2.76. The number of ether oxygens (including phenoxy) is 2. The number of thioether (sulfide) groups is 1. The van der Waals surface area contributed by atoms with E-state index in [0.717, 1.165) is 35.5 Å². The lowest BCUT2D eigenvalue weighted by molar-refractivity contribution is 0.0519. The molecule has 1 saturated heterocycles. The van der Waals surface area contributed by atoms with Gasteiger partial charge in [-0.2, -0.15) is 0 Å². The Hall–Kier alpha value is -1.91. The Morgan fingerprint density at radius 2 is 2.21 bits per heavy atom. The van der Waals surface area contributed by atoms with Crippen LogP contribution in [0.15, 0.2) is 4.34 Å². The summed E-state index contributed by atoms with van der Waals surface area (Å²) < 4.78 is 11.3. The van der Waals surface area contributed by atoms with Crippen LogP contribution in [0.25, 0.3) is 0 Å². The van der Waals surface area contributed by atoms with Gasteiger partial charge in [0.1, 0.15) is 5.69 Å². The van der Waals surface area contributed by atoms with Crippen LogP contribution in [-0.2, 0) is 9.47 Å². The lowest BCUT2D eigenvalue weighted by atomic mass is 10.1. The molecular weight excluding hydrogens is 400 g/mol. The molecule has 2 aromatic rings. The number of aromatic nitrogens is 3. The fourth-order valence-corrected chi connectivity index (χ4v) is 4.75. The van der Waals surface area contributed by atoms with Crippen LogP contribution in [0.2, 0.25) is 0 Å². The lowest BCUT2D eigenvalue weighted by Gasteiger charge is -2.08. The Labute approximate surface area is 171 Å². The van der Waals surface area contributed by atoms with Gasteiger partial charge >= 0.3 is 5.97 Å². The molecule has 1 atom stereocenters. The van der Waals surface area contributed by atoms with Gasteiger partial charge in [0, 0.05) is 24.4 Å². The minimum absolute atomic E-state index is 0.0594. The quantitative estimate of drug-likeness (QED) is 0.359. The fourth-order valence-electron chi connectivity index (χ4n) is 3.12. The first-order valence-corrected chi connectivity index (χ1v) is 11.0. The summed E-state index contributed by atoms with van der Waals surface area (Å²) in [5.74, 6) is -0.279. The molecule has 1 aliphatic rings. The number of aromatic amines is 1. The number of aryl methyl sites for hydroxylation is 1. The van der Waals surface area contributed by atoms with Crippen LogP contribution in [0, 0.1) is 13.8 Å². The van der Waals surface area contributed by atoms with Gasteiger partial charge in [-0.1, -0.05) is 23.1 Å². The third kappa shape index (κ3) is 4.92. The van der Waals surface area contributed by atoms with E-state index in [1.165, 1.54) is 23.1 Å². The number of ketones is 1. The number of hydrogen-bond acceptors (Lipinski definition) is 9. The molecule has 0 aliphatic carbocycles. The predicted octanol–water partition coefficient (Wildman–Crippen LogP) is 3.23. The zero-order valence-electron chi connectivity index (χ0n) is 16.2. The molecule has 1 aliphatic heterocycles. The summed E-state index contributed by atoms with van der Waals surface area (Å²) in [7, 11) is 0. The Balaban J connectivity index is 1.56. The molecule has 1 fully saturated rings. The largest absolute Gasteiger partial charge is 0.461 e. The van der Waals surface area contributed by atoms with Crippen LogP contribution in [0.3, 0.4) is 0 Å². The Kier molecular flexibility index (Phi) is 7.08. The minimum Gasteiger partial charge on any atom is -0.461 e. The average molecular weight is 425 g/mol. The van der Waals surface area contributed by atoms with Gasteiger partial charge in [0.15, 0.2) is 10.1 Å². The summed E-state index contributed by atoms with van der Waals surface area (Å²) in [6.07, 6.45) is 2.39. The monoisotopic (exact) mass is 424 g/mol. The molecule has 0 bridgehead atoms. The maximum absolute atomic E-state index is 12.7. The molecule has 0 radical (unpaired) electrons. The van der Waals surface area contributed by atoms with Crippen LogP contribution >= 0.6 is 23.1 Å². The van der Waals surface area contributed by atoms with Gasteiger partial charge in [-0.3, -0.25) is 4.79 Å². The predicted molar refractivity (Wildman–Crippen MR) is 109 cm³/mol. The molecule has 0 amide bonds. The summed E-state index contributed by atoms with van der Waals surface area (Å²) in [6, 6.07) is 0. The molecular formula is C18H24N4O4S2. The minimum atomic E-state index is -0.444. The van der Waals surface area contributed by atoms with Crippen LogP contribution in [-0.4, -0.2) is 58.5 Å². The maximum atomic E-state index is 12.7. The van der Waals surface area contributed by atoms with Gasteiger partial charge < -0.3 is 19.8 Å². The summed E-state index contributed by atoms with van der Waals surface area (Å²) in [4.78, 5) is 27.7. The highest BCUT2D eigenvalue weighted by Crippen LogP contribution is 2.28. The smallest absolute Gasteiger partial charge is 0.355 e. The van der Waals surface area contributed by atoms with Crippen molar-refractivity contribution in [3.05, 3.63) is 22.5 Å². The number of hydrogen-bond donors (Lipinski definition) is 2. The van der Waals surface area contributed by atoms with Crippen molar-refractivity contribution < 1.29 is 19.1 Å². The van der Waals surface area contributed by atoms with Crippen molar-refractivity contribution in [1.82, 2.24) is 15.2 Å². The normalized spacial score (nSPS) is 16.3. The molecule has 152 valence electrons. The van der Waals surface area contributed by atoms with Crippen LogP contribution in [0.1, 0.15) is 51.9 Å². The van der Waals surface area contributed by atoms with E-state index in [-0.39, 0.29) is 24.2 Å². The van der Waals surface area contributed by atoms with E-state index in [1.54, 1.807) is 20.8 Å². The van der Waals surface area contributed by atoms with Gasteiger partial charge in [0.05, 0.1) is 18.5 Å². The van der Waals surface area contributed by atoms with E-state index in [0.29, 0.717) is 22.5 Å². The van der Waals surface area contributed by atoms with Crippen molar-refractivity contribution in [3.8, 4) is 0 Å². The van der Waals surface area contributed by atoms with Crippen molar-refractivity contribution in [1.29, 1.82) is 0 Å². The van der Waals surface area contributed by atoms with Crippen molar-refractivity contribution in [2.75, 3.05) is 30.8 Å². The fraction of sp³-hybridized carbons (Fsp3) is 0.556. The molecule has 3 heterocycles. The number of esters is 1. The van der Waals surface area contributed by atoms with Crippen molar-refractivity contribution in [2.45, 2.75) is 44.1 Å². The molecule has 0 saturated carbocycles. The number of nitrogens with zero attached hydrogens (tertiary/aromatic N) is 2. The van der Waals surface area contributed by atoms with E-state index in [9.17, 15) is 9.59 Å². The van der Waals surface area contributed by atoms with Crippen LogP contribution in [0.4, 0.5) is 5.13 Å². The number of anilines is 1. The first-order valence-electron chi connectivity index (χ1n) is 9.20. The van der Waals surface area contributed by atoms with E-state index in [2.05, 4.69) is 20.5 Å². The molecule has 28 heavy (non-hydrogen) atoms. The number of Topliss-reactive ketones (excluding diaryl/α,β-unsaturated/α-hetero) is 1. The lowest BCUT2D eigenvalue weighted by Crippen LogP contribution is -2.18. The Bertz CT molecular complexity index is 843. The van der Waals surface area contributed by atoms with Crippen molar-refractivity contribution in [2.24, 2.45) is 0 Å². The molecule has 3 rings (SSSR count). The number of nitrogens with one attached hydrogen (secondary N) is 2. The Morgan fingerprint density at radius 3 is 2.93 bits per heavy atom. The number of carbonyl (C=O) groups is 2. The van der Waals surface area contributed by atoms with Gasteiger partial charge in [-0.05, 0) is 39.2 Å². The van der Waals surface area contributed by atoms with E-state index >= 15 is 0 Å². The third-order valence-corrected chi connectivity index (χ3v) is 6.45. The molecule has 0 spiro atoms. The summed E-state index contributed by atoms with van der Waals surface area (Å²) in [5, 5.41) is 12.2.